The molecule has 0 radical (unpaired) electrons. The van der Waals surface area contributed by atoms with Gasteiger partial charge in [-0.3, -0.25) is 4.90 Å². The molecule has 1 heterocycles. The van der Waals surface area contributed by atoms with E-state index >= 15 is 0 Å². The van der Waals surface area contributed by atoms with Crippen molar-refractivity contribution in [2.45, 2.75) is 16.3 Å². The molecule has 6 nitrogen and oxygen atoms in total. The van der Waals surface area contributed by atoms with Gasteiger partial charge in [0.15, 0.2) is 0 Å². The molecular weight excluding hydrogens is 388 g/mol. The van der Waals surface area contributed by atoms with Crippen LogP contribution >= 0.6 is 11.8 Å². The number of likely N-dealkylation sites (N-methyl/N-ethyl adjacent to an activating group) is 1. The third-order valence-corrected chi connectivity index (χ3v) is 5.43. The van der Waals surface area contributed by atoms with Crippen LogP contribution in [-0.4, -0.2) is 65.2 Å². The summed E-state index contributed by atoms with van der Waals surface area (Å²) >= 11 is 1.87. The standard InChI is InChI=1S/C18H22N2S.C4H4O4/c1-19-11-13-20(14-12-19)15-16-7-5-6-10-18(16)21-17-8-3-2-4-9-17;5-3(6)1-2-4(7)8/h2-10H,11-15H2,1H3;1-2H,(H,5,6)(H,7,8). The Morgan fingerprint density at radius 2 is 1.45 bits per heavy atom. The summed E-state index contributed by atoms with van der Waals surface area (Å²) < 4.78 is 0. The second-order valence-corrected chi connectivity index (χ2v) is 7.73. The first-order chi connectivity index (χ1) is 13.9. The molecular formula is C22H26N2O4S. The van der Waals surface area contributed by atoms with E-state index in [1.165, 1.54) is 41.5 Å². The smallest absolute Gasteiger partial charge is 0.328 e. The normalized spacial score (nSPS) is 14.9. The highest BCUT2D eigenvalue weighted by atomic mass is 32.2. The van der Waals surface area contributed by atoms with Crippen molar-refractivity contribution < 1.29 is 19.8 Å². The molecule has 2 aromatic carbocycles. The highest BCUT2D eigenvalue weighted by Crippen LogP contribution is 2.30. The maximum atomic E-state index is 9.55. The summed E-state index contributed by atoms with van der Waals surface area (Å²) in [5.74, 6) is -2.51. The van der Waals surface area contributed by atoms with Crippen LogP contribution in [0.4, 0.5) is 0 Å². The van der Waals surface area contributed by atoms with E-state index in [0.29, 0.717) is 12.2 Å². The van der Waals surface area contributed by atoms with E-state index in [9.17, 15) is 9.59 Å². The lowest BCUT2D eigenvalue weighted by atomic mass is 10.2. The van der Waals surface area contributed by atoms with Crippen LogP contribution in [0.3, 0.4) is 0 Å². The van der Waals surface area contributed by atoms with Gasteiger partial charge in [-0.05, 0) is 30.8 Å². The van der Waals surface area contributed by atoms with E-state index in [1.807, 2.05) is 11.8 Å². The Morgan fingerprint density at radius 1 is 0.897 bits per heavy atom. The maximum absolute atomic E-state index is 9.55. The Morgan fingerprint density at radius 3 is 2.03 bits per heavy atom. The second-order valence-electron chi connectivity index (χ2n) is 6.61. The van der Waals surface area contributed by atoms with Crippen molar-refractivity contribution in [2.24, 2.45) is 0 Å². The number of carboxylic acid groups (broad SMARTS) is 2. The predicted octanol–water partition coefficient (Wildman–Crippen LogP) is 3.30. The molecule has 3 rings (SSSR count). The van der Waals surface area contributed by atoms with E-state index in [1.54, 1.807) is 0 Å². The zero-order valence-electron chi connectivity index (χ0n) is 16.4. The zero-order chi connectivity index (χ0) is 21.1. The van der Waals surface area contributed by atoms with Gasteiger partial charge in [0.2, 0.25) is 0 Å². The van der Waals surface area contributed by atoms with Gasteiger partial charge in [0.1, 0.15) is 0 Å². The Hall–Kier alpha value is -2.61. The summed E-state index contributed by atoms with van der Waals surface area (Å²) in [4.78, 5) is 26.8. The number of carbonyl (C=O) groups is 2. The van der Waals surface area contributed by atoms with E-state index < -0.39 is 11.9 Å². The van der Waals surface area contributed by atoms with Gasteiger partial charge in [-0.25, -0.2) is 9.59 Å². The van der Waals surface area contributed by atoms with Crippen molar-refractivity contribution in [2.75, 3.05) is 33.2 Å². The maximum Gasteiger partial charge on any atom is 0.328 e. The Kier molecular flexibility index (Phi) is 9.43. The van der Waals surface area contributed by atoms with Crippen molar-refractivity contribution >= 4 is 23.7 Å². The summed E-state index contributed by atoms with van der Waals surface area (Å²) in [7, 11) is 2.20. The minimum absolute atomic E-state index is 0.558. The van der Waals surface area contributed by atoms with E-state index in [0.717, 1.165) is 6.54 Å². The van der Waals surface area contributed by atoms with Crippen LogP contribution in [0.15, 0.2) is 76.5 Å². The zero-order valence-corrected chi connectivity index (χ0v) is 17.2. The Labute approximate surface area is 175 Å². The average Bonchev–Trinajstić information content (AvgIpc) is 2.71. The van der Waals surface area contributed by atoms with Crippen LogP contribution in [0.5, 0.6) is 0 Å². The molecule has 154 valence electrons. The van der Waals surface area contributed by atoms with Gasteiger partial charge >= 0.3 is 11.9 Å². The van der Waals surface area contributed by atoms with Crippen LogP contribution in [0.2, 0.25) is 0 Å². The summed E-state index contributed by atoms with van der Waals surface area (Å²) in [6, 6.07) is 19.4. The molecule has 1 saturated heterocycles. The second kappa shape index (κ2) is 12.1. The number of aliphatic carboxylic acids is 2. The fourth-order valence-electron chi connectivity index (χ4n) is 2.74. The van der Waals surface area contributed by atoms with Crippen molar-refractivity contribution in [3.8, 4) is 0 Å². The van der Waals surface area contributed by atoms with Crippen LogP contribution in [0.25, 0.3) is 0 Å². The summed E-state index contributed by atoms with van der Waals surface area (Å²) in [6.07, 6.45) is 1.12. The molecule has 0 amide bonds. The third kappa shape index (κ3) is 8.95. The van der Waals surface area contributed by atoms with Crippen molar-refractivity contribution in [1.29, 1.82) is 0 Å². The average molecular weight is 415 g/mol. The molecule has 0 aromatic heterocycles. The Balaban J connectivity index is 0.000000321. The number of hydrogen-bond acceptors (Lipinski definition) is 5. The first kappa shape index (κ1) is 22.7. The highest BCUT2D eigenvalue weighted by Gasteiger charge is 2.15. The lowest BCUT2D eigenvalue weighted by Gasteiger charge is -2.32. The first-order valence-electron chi connectivity index (χ1n) is 9.29. The fraction of sp³-hybridized carbons (Fsp3) is 0.273. The number of hydrogen-bond donors (Lipinski definition) is 2. The number of carboxylic acids is 2. The predicted molar refractivity (Wildman–Crippen MR) is 114 cm³/mol. The quantitative estimate of drug-likeness (QED) is 0.702. The van der Waals surface area contributed by atoms with Crippen molar-refractivity contribution in [3.05, 3.63) is 72.3 Å². The van der Waals surface area contributed by atoms with Crippen LogP contribution in [0.1, 0.15) is 5.56 Å². The van der Waals surface area contributed by atoms with Gasteiger partial charge in [0.05, 0.1) is 0 Å². The summed E-state index contributed by atoms with van der Waals surface area (Å²) in [6.45, 7) is 5.74. The molecule has 2 aromatic rings. The van der Waals surface area contributed by atoms with Gasteiger partial charge in [0.25, 0.3) is 0 Å². The SMILES string of the molecule is CN1CCN(Cc2ccccc2Sc2ccccc2)CC1.O=C(O)C=CC(=O)O. The molecule has 0 atom stereocenters. The number of nitrogens with zero attached hydrogens (tertiary/aromatic N) is 2. The minimum Gasteiger partial charge on any atom is -0.478 e. The molecule has 1 aliphatic rings. The van der Waals surface area contributed by atoms with Gasteiger partial charge < -0.3 is 15.1 Å². The monoisotopic (exact) mass is 414 g/mol. The summed E-state index contributed by atoms with van der Waals surface area (Å²) in [5, 5.41) is 15.6. The van der Waals surface area contributed by atoms with Gasteiger partial charge in [0, 0.05) is 54.7 Å². The Bertz CT molecular complexity index is 803. The number of benzene rings is 2. The molecule has 1 aliphatic heterocycles. The highest BCUT2D eigenvalue weighted by molar-refractivity contribution is 7.99. The van der Waals surface area contributed by atoms with Gasteiger partial charge in [-0.1, -0.05) is 48.2 Å². The van der Waals surface area contributed by atoms with Crippen molar-refractivity contribution in [1.82, 2.24) is 9.80 Å². The van der Waals surface area contributed by atoms with Crippen molar-refractivity contribution in [3.63, 3.8) is 0 Å². The molecule has 0 unspecified atom stereocenters. The fourth-order valence-corrected chi connectivity index (χ4v) is 3.70. The molecule has 7 heteroatoms. The largest absolute Gasteiger partial charge is 0.478 e. The van der Waals surface area contributed by atoms with E-state index in [2.05, 4.69) is 71.4 Å². The van der Waals surface area contributed by atoms with E-state index in [-0.39, 0.29) is 0 Å². The van der Waals surface area contributed by atoms with Gasteiger partial charge in [-0.2, -0.15) is 0 Å². The molecule has 1 fully saturated rings. The van der Waals surface area contributed by atoms with Gasteiger partial charge in [-0.15, -0.1) is 0 Å². The summed E-state index contributed by atoms with van der Waals surface area (Å²) in [5.41, 5.74) is 1.44. The lowest BCUT2D eigenvalue weighted by Crippen LogP contribution is -2.43. The minimum atomic E-state index is -1.26. The van der Waals surface area contributed by atoms with Crippen LogP contribution in [0, 0.1) is 0 Å². The molecule has 29 heavy (non-hydrogen) atoms. The molecule has 0 saturated carbocycles. The lowest BCUT2D eigenvalue weighted by molar-refractivity contribution is -0.134. The molecule has 0 spiro atoms. The first-order valence-corrected chi connectivity index (χ1v) is 10.1. The number of piperazine rings is 1. The van der Waals surface area contributed by atoms with Crippen LogP contribution in [-0.2, 0) is 16.1 Å². The van der Waals surface area contributed by atoms with E-state index in [4.69, 9.17) is 10.2 Å². The third-order valence-electron chi connectivity index (χ3n) is 4.30. The van der Waals surface area contributed by atoms with Crippen LogP contribution < -0.4 is 0 Å². The molecule has 2 N–H and O–H groups in total. The molecule has 0 bridgehead atoms. The molecule has 0 aliphatic carbocycles. The topological polar surface area (TPSA) is 81.1 Å². The number of rotatable bonds is 6.